The number of carbonyl (C=O) groups is 2. The fourth-order valence-corrected chi connectivity index (χ4v) is 4.37. The molecular formula is C23H29N3O2. The molecule has 0 spiro atoms. The molecule has 5 heteroatoms. The summed E-state index contributed by atoms with van der Waals surface area (Å²) in [6.07, 6.45) is 2.05. The van der Waals surface area contributed by atoms with Gasteiger partial charge in [0.1, 0.15) is 0 Å². The van der Waals surface area contributed by atoms with E-state index >= 15 is 0 Å². The molecule has 1 aromatic carbocycles. The lowest BCUT2D eigenvalue weighted by Gasteiger charge is -2.40. The molecule has 0 bridgehead atoms. The first-order valence-electron chi connectivity index (χ1n) is 12.9. The van der Waals surface area contributed by atoms with Gasteiger partial charge in [0.15, 0.2) is 0 Å². The summed E-state index contributed by atoms with van der Waals surface area (Å²) in [7, 11) is 0. The summed E-state index contributed by atoms with van der Waals surface area (Å²) in [5.41, 5.74) is 1.86. The van der Waals surface area contributed by atoms with Crippen LogP contribution in [-0.2, 0) is 11.2 Å². The number of nitrogens with zero attached hydrogens (tertiary/aromatic N) is 3. The molecule has 5 nitrogen and oxygen atoms in total. The molecular weight excluding hydrogens is 350 g/mol. The molecule has 2 aliphatic rings. The SMILES string of the molecule is [2H]c1cc2c3c(c([2H])n(C(=O)CC)c3c1[2H])C[C@@H]1C2=C[C@@H](C(=O)N(CC)CC)CN1C([2H])([2H])[2H]. The highest BCUT2D eigenvalue weighted by molar-refractivity contribution is 6.03. The van der Waals surface area contributed by atoms with Gasteiger partial charge in [-0.05, 0) is 50.0 Å². The van der Waals surface area contributed by atoms with E-state index in [2.05, 4.69) is 0 Å². The quantitative estimate of drug-likeness (QED) is 0.810. The molecule has 2 atom stereocenters. The Labute approximate surface area is 175 Å². The van der Waals surface area contributed by atoms with Crippen LogP contribution in [0.2, 0.25) is 0 Å². The third-order valence-corrected chi connectivity index (χ3v) is 5.85. The Morgan fingerprint density at radius 2 is 2.11 bits per heavy atom. The van der Waals surface area contributed by atoms with Gasteiger partial charge in [-0.1, -0.05) is 25.1 Å². The van der Waals surface area contributed by atoms with Crippen molar-refractivity contribution in [1.82, 2.24) is 14.4 Å². The van der Waals surface area contributed by atoms with Crippen LogP contribution < -0.4 is 0 Å². The number of rotatable bonds is 4. The average molecular weight is 386 g/mol. The monoisotopic (exact) mass is 385 g/mol. The second-order valence-electron chi connectivity index (χ2n) is 7.34. The lowest BCUT2D eigenvalue weighted by atomic mass is 9.79. The molecule has 2 aromatic rings. The van der Waals surface area contributed by atoms with Crippen LogP contribution in [0.5, 0.6) is 0 Å². The number of hydrogen-bond donors (Lipinski definition) is 0. The van der Waals surface area contributed by atoms with Crippen molar-refractivity contribution in [3.8, 4) is 0 Å². The Hall–Kier alpha value is -2.40. The van der Waals surface area contributed by atoms with Gasteiger partial charge in [-0.2, -0.15) is 0 Å². The topological polar surface area (TPSA) is 45.6 Å². The van der Waals surface area contributed by atoms with Crippen molar-refractivity contribution in [2.45, 2.75) is 39.7 Å². The predicted octanol–water partition coefficient (Wildman–Crippen LogP) is 3.43. The Kier molecular flexibility index (Phi) is 3.33. The largest absolute Gasteiger partial charge is 0.343 e. The number of aromatic nitrogens is 1. The van der Waals surface area contributed by atoms with E-state index in [1.807, 2.05) is 13.8 Å². The van der Waals surface area contributed by atoms with Gasteiger partial charge in [0.2, 0.25) is 11.8 Å². The van der Waals surface area contributed by atoms with Crippen LogP contribution in [0.25, 0.3) is 16.5 Å². The molecule has 28 heavy (non-hydrogen) atoms. The minimum Gasteiger partial charge on any atom is -0.343 e. The summed E-state index contributed by atoms with van der Waals surface area (Å²) in [6, 6.07) is 0.625. The average Bonchev–Trinajstić information content (AvgIpc) is 3.09. The molecule has 1 amide bonds. The number of benzene rings is 1. The summed E-state index contributed by atoms with van der Waals surface area (Å²) in [6.45, 7) is 3.98. The molecule has 1 aliphatic heterocycles. The van der Waals surface area contributed by atoms with Gasteiger partial charge in [0, 0.05) is 47.8 Å². The highest BCUT2D eigenvalue weighted by Gasteiger charge is 2.37. The number of hydrogen-bond acceptors (Lipinski definition) is 3. The van der Waals surface area contributed by atoms with Crippen molar-refractivity contribution in [1.29, 1.82) is 0 Å². The molecule has 1 aliphatic carbocycles. The molecule has 1 aromatic heterocycles. The van der Waals surface area contributed by atoms with Crippen molar-refractivity contribution >= 4 is 28.3 Å². The smallest absolute Gasteiger partial charge is 0.230 e. The minimum atomic E-state index is -2.48. The molecule has 0 fully saturated rings. The summed E-state index contributed by atoms with van der Waals surface area (Å²) < 4.78 is 51.3. The van der Waals surface area contributed by atoms with Crippen LogP contribution in [0, 0.1) is 5.92 Å². The van der Waals surface area contributed by atoms with Crippen molar-refractivity contribution < 1.29 is 17.8 Å². The van der Waals surface area contributed by atoms with Crippen molar-refractivity contribution in [3.05, 3.63) is 41.5 Å². The van der Waals surface area contributed by atoms with E-state index in [0.29, 0.717) is 35.2 Å². The van der Waals surface area contributed by atoms with Crippen molar-refractivity contribution in [3.63, 3.8) is 0 Å². The first kappa shape index (κ1) is 12.9. The van der Waals surface area contributed by atoms with Gasteiger partial charge in [-0.25, -0.2) is 0 Å². The zero-order valence-electron chi connectivity index (χ0n) is 22.5. The lowest BCUT2D eigenvalue weighted by Crippen LogP contribution is -2.47. The van der Waals surface area contributed by atoms with Gasteiger partial charge in [-0.15, -0.1) is 0 Å². The molecule has 0 radical (unpaired) electrons. The molecule has 0 N–H and O–H groups in total. The number of likely N-dealkylation sites (N-methyl/N-ethyl adjacent to an activating group) is 1. The highest BCUT2D eigenvalue weighted by atomic mass is 16.2. The van der Waals surface area contributed by atoms with Crippen LogP contribution in [0.4, 0.5) is 0 Å². The van der Waals surface area contributed by atoms with Crippen LogP contribution in [0.1, 0.15) is 51.3 Å². The van der Waals surface area contributed by atoms with Gasteiger partial charge in [-0.3, -0.25) is 19.1 Å². The first-order chi connectivity index (χ1) is 16.0. The van der Waals surface area contributed by atoms with Crippen LogP contribution in [0.15, 0.2) is 30.4 Å². The normalized spacial score (nSPS) is 24.9. The zero-order valence-corrected chi connectivity index (χ0v) is 16.5. The van der Waals surface area contributed by atoms with Gasteiger partial charge in [0.25, 0.3) is 0 Å². The molecule has 0 unspecified atom stereocenters. The lowest BCUT2D eigenvalue weighted by molar-refractivity contribution is -0.134. The van der Waals surface area contributed by atoms with E-state index in [-0.39, 0.29) is 55.0 Å². The second kappa shape index (κ2) is 7.21. The summed E-state index contributed by atoms with van der Waals surface area (Å²) >= 11 is 0. The predicted molar refractivity (Wildman–Crippen MR) is 112 cm³/mol. The second-order valence-corrected chi connectivity index (χ2v) is 7.34. The first-order valence-corrected chi connectivity index (χ1v) is 9.90. The Morgan fingerprint density at radius 1 is 1.32 bits per heavy atom. The van der Waals surface area contributed by atoms with Crippen molar-refractivity contribution in [2.24, 2.45) is 5.92 Å². The fraction of sp³-hybridized carbons (Fsp3) is 0.478. The van der Waals surface area contributed by atoms with Crippen LogP contribution >= 0.6 is 0 Å². The Morgan fingerprint density at radius 3 is 2.79 bits per heavy atom. The highest BCUT2D eigenvalue weighted by Crippen LogP contribution is 2.41. The maximum Gasteiger partial charge on any atom is 0.230 e. The Balaban J connectivity index is 2.01. The third-order valence-electron chi connectivity index (χ3n) is 5.85. The fourth-order valence-electron chi connectivity index (χ4n) is 4.37. The van der Waals surface area contributed by atoms with Gasteiger partial charge >= 0.3 is 0 Å². The third kappa shape index (κ3) is 2.80. The van der Waals surface area contributed by atoms with Gasteiger partial charge in [0.05, 0.1) is 15.5 Å². The summed E-state index contributed by atoms with van der Waals surface area (Å²) in [5.74, 6) is -1.19. The van der Waals surface area contributed by atoms with E-state index in [9.17, 15) is 9.59 Å². The molecule has 148 valence electrons. The van der Waals surface area contributed by atoms with E-state index in [1.165, 1.54) is 15.5 Å². The summed E-state index contributed by atoms with van der Waals surface area (Å²) in [5, 5.41) is 0.539. The van der Waals surface area contributed by atoms with E-state index in [1.54, 1.807) is 17.9 Å². The number of carbonyl (C=O) groups excluding carboxylic acids is 2. The number of amides is 1. The number of fused-ring (bicyclic) bond motifs is 2. The van der Waals surface area contributed by atoms with Crippen molar-refractivity contribution in [2.75, 3.05) is 26.6 Å². The minimum absolute atomic E-state index is 0.0185. The maximum atomic E-state index is 13.2. The molecule has 0 saturated carbocycles. The summed E-state index contributed by atoms with van der Waals surface area (Å²) in [4.78, 5) is 29.0. The Bertz CT molecular complexity index is 1210. The molecule has 0 saturated heterocycles. The van der Waals surface area contributed by atoms with E-state index in [4.69, 9.17) is 8.22 Å². The standard InChI is InChI=1S/C23H29N3O2/c1-5-21(27)26-14-15-12-20-18(17-9-8-10-19(26)22(15)17)11-16(13-24(20)4)23(28)25(6-2)7-3/h8-11,14,16,20H,5-7,12-13H2,1-4H3/t16-,20-/m1/s1/i4D3,8D,10D,14D. The van der Waals surface area contributed by atoms with Crippen LogP contribution in [-0.4, -0.2) is 58.8 Å². The molecule has 4 rings (SSSR count). The van der Waals surface area contributed by atoms with Crippen LogP contribution in [0.3, 0.4) is 0 Å². The van der Waals surface area contributed by atoms with E-state index in [0.717, 1.165) is 0 Å². The zero-order chi connectivity index (χ0) is 25.1. The van der Waals surface area contributed by atoms with Gasteiger partial charge < -0.3 is 4.90 Å². The maximum absolute atomic E-state index is 13.2. The molecule has 2 heterocycles. The van der Waals surface area contributed by atoms with E-state index < -0.39 is 18.9 Å².